The van der Waals surface area contributed by atoms with E-state index in [2.05, 4.69) is 30.3 Å². The second kappa shape index (κ2) is 7.50. The standard InChI is InChI=1S/C25H19N3O2S/c26-31(29,30)22-13-7-12-20(14-22)24-17-28-16-21(18-8-3-1-4-9-18)15-23(25(28)27-24)19-10-5-2-6-11-19/h1-17H,(H2,26,29,30). The Morgan fingerprint density at radius 2 is 1.32 bits per heavy atom. The third kappa shape index (κ3) is 3.74. The number of hydrogen-bond acceptors (Lipinski definition) is 3. The molecule has 0 atom stereocenters. The number of hydrogen-bond donors (Lipinski definition) is 1. The molecule has 6 heteroatoms. The maximum absolute atomic E-state index is 11.8. The molecule has 0 aliphatic rings. The first-order valence-electron chi connectivity index (χ1n) is 9.76. The van der Waals surface area contributed by atoms with Crippen LogP contribution >= 0.6 is 0 Å². The van der Waals surface area contributed by atoms with Crippen molar-refractivity contribution in [2.75, 3.05) is 0 Å². The number of rotatable bonds is 4. The number of sulfonamides is 1. The highest BCUT2D eigenvalue weighted by Gasteiger charge is 2.14. The molecule has 152 valence electrons. The van der Waals surface area contributed by atoms with Gasteiger partial charge in [0, 0.05) is 23.5 Å². The fourth-order valence-corrected chi connectivity index (χ4v) is 4.25. The first-order chi connectivity index (χ1) is 15.0. The molecule has 0 aliphatic heterocycles. The molecule has 0 aliphatic carbocycles. The van der Waals surface area contributed by atoms with Crippen LogP contribution in [0.4, 0.5) is 0 Å². The van der Waals surface area contributed by atoms with Gasteiger partial charge in [0.2, 0.25) is 10.0 Å². The van der Waals surface area contributed by atoms with E-state index in [-0.39, 0.29) is 4.90 Å². The number of fused-ring (bicyclic) bond motifs is 1. The van der Waals surface area contributed by atoms with Crippen molar-refractivity contribution in [3.8, 4) is 33.5 Å². The van der Waals surface area contributed by atoms with Crippen LogP contribution in [0.1, 0.15) is 0 Å². The predicted molar refractivity (Wildman–Crippen MR) is 123 cm³/mol. The average molecular weight is 426 g/mol. The molecule has 2 heterocycles. The Morgan fingerprint density at radius 3 is 2.00 bits per heavy atom. The Kier molecular flexibility index (Phi) is 4.66. The summed E-state index contributed by atoms with van der Waals surface area (Å²) in [7, 11) is -3.79. The molecule has 3 aromatic carbocycles. The lowest BCUT2D eigenvalue weighted by Gasteiger charge is -2.09. The number of nitrogens with two attached hydrogens (primary N) is 1. The lowest BCUT2D eigenvalue weighted by Crippen LogP contribution is -2.11. The molecule has 0 radical (unpaired) electrons. The van der Waals surface area contributed by atoms with Crippen LogP contribution in [-0.2, 0) is 10.0 Å². The van der Waals surface area contributed by atoms with Gasteiger partial charge in [-0.3, -0.25) is 0 Å². The van der Waals surface area contributed by atoms with Crippen molar-refractivity contribution in [3.05, 3.63) is 103 Å². The summed E-state index contributed by atoms with van der Waals surface area (Å²) in [6, 6.07) is 28.9. The van der Waals surface area contributed by atoms with E-state index in [1.165, 1.54) is 6.07 Å². The van der Waals surface area contributed by atoms with Crippen molar-refractivity contribution in [1.29, 1.82) is 0 Å². The van der Waals surface area contributed by atoms with Crippen LogP contribution in [0.2, 0.25) is 0 Å². The fourth-order valence-electron chi connectivity index (χ4n) is 3.69. The summed E-state index contributed by atoms with van der Waals surface area (Å²) in [5, 5.41) is 5.31. The van der Waals surface area contributed by atoms with Gasteiger partial charge in [0.25, 0.3) is 0 Å². The van der Waals surface area contributed by atoms with Crippen molar-refractivity contribution < 1.29 is 8.42 Å². The van der Waals surface area contributed by atoms with Gasteiger partial charge in [-0.25, -0.2) is 18.5 Å². The lowest BCUT2D eigenvalue weighted by atomic mass is 10.0. The van der Waals surface area contributed by atoms with Gasteiger partial charge in [-0.2, -0.15) is 0 Å². The number of aromatic nitrogens is 2. The van der Waals surface area contributed by atoms with Crippen LogP contribution in [0.25, 0.3) is 39.2 Å². The third-order valence-electron chi connectivity index (χ3n) is 5.20. The molecule has 5 nitrogen and oxygen atoms in total. The van der Waals surface area contributed by atoms with E-state index in [1.807, 2.05) is 59.3 Å². The second-order valence-corrected chi connectivity index (χ2v) is 8.87. The van der Waals surface area contributed by atoms with Crippen molar-refractivity contribution in [3.63, 3.8) is 0 Å². The summed E-state index contributed by atoms with van der Waals surface area (Å²) < 4.78 is 25.6. The zero-order valence-corrected chi connectivity index (χ0v) is 17.3. The summed E-state index contributed by atoms with van der Waals surface area (Å²) in [6.45, 7) is 0. The molecule has 31 heavy (non-hydrogen) atoms. The number of benzene rings is 3. The van der Waals surface area contributed by atoms with Gasteiger partial charge in [-0.05, 0) is 34.9 Å². The molecule has 5 aromatic rings. The van der Waals surface area contributed by atoms with Gasteiger partial charge >= 0.3 is 0 Å². The van der Waals surface area contributed by atoms with Gasteiger partial charge in [0.15, 0.2) is 0 Å². The van der Waals surface area contributed by atoms with Gasteiger partial charge in [0.05, 0.1) is 10.6 Å². The van der Waals surface area contributed by atoms with Crippen LogP contribution in [0.3, 0.4) is 0 Å². The van der Waals surface area contributed by atoms with E-state index < -0.39 is 10.0 Å². The normalized spacial score (nSPS) is 11.6. The van der Waals surface area contributed by atoms with E-state index in [0.29, 0.717) is 11.3 Å². The predicted octanol–water partition coefficient (Wildman–Crippen LogP) is 4.98. The van der Waals surface area contributed by atoms with Gasteiger partial charge in [-0.15, -0.1) is 0 Å². The maximum Gasteiger partial charge on any atom is 0.238 e. The van der Waals surface area contributed by atoms with Gasteiger partial charge in [0.1, 0.15) is 5.65 Å². The Hall–Kier alpha value is -3.74. The van der Waals surface area contributed by atoms with Crippen LogP contribution in [0.15, 0.2) is 108 Å². The van der Waals surface area contributed by atoms with Crippen molar-refractivity contribution in [2.45, 2.75) is 4.90 Å². The minimum Gasteiger partial charge on any atom is -0.305 e. The molecule has 0 amide bonds. The Morgan fingerprint density at radius 1 is 0.677 bits per heavy atom. The van der Waals surface area contributed by atoms with Gasteiger partial charge < -0.3 is 4.40 Å². The minimum absolute atomic E-state index is 0.0651. The maximum atomic E-state index is 11.8. The first kappa shape index (κ1) is 19.2. The lowest BCUT2D eigenvalue weighted by molar-refractivity contribution is 0.598. The molecule has 2 aromatic heterocycles. The molecule has 0 spiro atoms. The summed E-state index contributed by atoms with van der Waals surface area (Å²) >= 11 is 0. The van der Waals surface area contributed by atoms with E-state index in [9.17, 15) is 8.42 Å². The zero-order chi connectivity index (χ0) is 21.4. The van der Waals surface area contributed by atoms with Crippen LogP contribution in [0.5, 0.6) is 0 Å². The van der Waals surface area contributed by atoms with Crippen LogP contribution in [0, 0.1) is 0 Å². The molecule has 0 unspecified atom stereocenters. The topological polar surface area (TPSA) is 77.5 Å². The van der Waals surface area contributed by atoms with E-state index >= 15 is 0 Å². The third-order valence-corrected chi connectivity index (χ3v) is 6.11. The van der Waals surface area contributed by atoms with E-state index in [1.54, 1.807) is 12.1 Å². The van der Waals surface area contributed by atoms with Crippen molar-refractivity contribution in [1.82, 2.24) is 9.38 Å². The Balaban J connectivity index is 1.74. The molecular weight excluding hydrogens is 406 g/mol. The highest BCUT2D eigenvalue weighted by atomic mass is 32.2. The zero-order valence-electron chi connectivity index (χ0n) is 16.5. The smallest absolute Gasteiger partial charge is 0.238 e. The molecule has 2 N–H and O–H groups in total. The highest BCUT2D eigenvalue weighted by Crippen LogP contribution is 2.32. The van der Waals surface area contributed by atoms with Crippen molar-refractivity contribution >= 4 is 15.7 Å². The fraction of sp³-hybridized carbons (Fsp3) is 0. The van der Waals surface area contributed by atoms with Crippen molar-refractivity contribution in [2.24, 2.45) is 5.14 Å². The number of pyridine rings is 1. The molecule has 5 rings (SSSR count). The molecule has 0 bridgehead atoms. The quantitative estimate of drug-likeness (QED) is 0.441. The summed E-state index contributed by atoms with van der Waals surface area (Å²) in [5.41, 5.74) is 6.38. The second-order valence-electron chi connectivity index (χ2n) is 7.30. The molecule has 0 saturated carbocycles. The van der Waals surface area contributed by atoms with Gasteiger partial charge in [-0.1, -0.05) is 72.8 Å². The highest BCUT2D eigenvalue weighted by molar-refractivity contribution is 7.89. The Bertz CT molecular complexity index is 1490. The summed E-state index contributed by atoms with van der Waals surface area (Å²) in [5.74, 6) is 0. The molecule has 0 saturated heterocycles. The number of primary sulfonamides is 1. The summed E-state index contributed by atoms with van der Waals surface area (Å²) in [6.07, 6.45) is 3.95. The molecular formula is C25H19N3O2S. The Labute approximate surface area is 180 Å². The van der Waals surface area contributed by atoms with E-state index in [0.717, 1.165) is 27.9 Å². The SMILES string of the molecule is NS(=O)(=O)c1cccc(-c2cn3cc(-c4ccccc4)cc(-c4ccccc4)c3n2)c1. The number of nitrogens with zero attached hydrogens (tertiary/aromatic N) is 2. The first-order valence-corrected chi connectivity index (χ1v) is 11.3. The van der Waals surface area contributed by atoms with E-state index in [4.69, 9.17) is 10.1 Å². The summed E-state index contributed by atoms with van der Waals surface area (Å²) in [4.78, 5) is 4.91. The minimum atomic E-state index is -3.79. The monoisotopic (exact) mass is 425 g/mol. The molecule has 0 fully saturated rings. The largest absolute Gasteiger partial charge is 0.305 e. The average Bonchev–Trinajstić information content (AvgIpc) is 3.23. The number of imidazole rings is 1. The van der Waals surface area contributed by atoms with Crippen LogP contribution in [-0.4, -0.2) is 17.8 Å². The van der Waals surface area contributed by atoms with Crippen LogP contribution < -0.4 is 5.14 Å².